The molecule has 1 rings (SSSR count). The van der Waals surface area contributed by atoms with Gasteiger partial charge in [0.1, 0.15) is 0 Å². The Labute approximate surface area is 64.9 Å². The second kappa shape index (κ2) is 3.38. The third-order valence-electron chi connectivity index (χ3n) is 1.32. The summed E-state index contributed by atoms with van der Waals surface area (Å²) in [6, 6.07) is 6.26. The van der Waals surface area contributed by atoms with Gasteiger partial charge in [0, 0.05) is 9.75 Å². The van der Waals surface area contributed by atoms with Crippen LogP contribution in [-0.4, -0.2) is 0 Å². The monoisotopic (exact) mass is 151 g/mol. The average molecular weight is 151 g/mol. The maximum atomic E-state index is 8.36. The van der Waals surface area contributed by atoms with Gasteiger partial charge in [0.2, 0.25) is 0 Å². The molecule has 2 heteroatoms. The van der Waals surface area contributed by atoms with Gasteiger partial charge in [0.15, 0.2) is 0 Å². The second-order valence-electron chi connectivity index (χ2n) is 2.06. The molecule has 0 unspecified atom stereocenters. The predicted molar refractivity (Wildman–Crippen MR) is 43.0 cm³/mol. The molecule has 0 fully saturated rings. The molecule has 1 heterocycles. The smallest absolute Gasteiger partial charge is 0.0695 e. The lowest BCUT2D eigenvalue weighted by molar-refractivity contribution is 1.19. The SMILES string of the molecule is CCc1ccc(CC#N)s1. The van der Waals surface area contributed by atoms with Crippen LogP contribution in [0.1, 0.15) is 16.7 Å². The van der Waals surface area contributed by atoms with Crippen molar-refractivity contribution in [3.05, 3.63) is 21.9 Å². The summed E-state index contributed by atoms with van der Waals surface area (Å²) in [5.41, 5.74) is 0. The van der Waals surface area contributed by atoms with Crippen molar-refractivity contribution >= 4 is 11.3 Å². The number of aryl methyl sites for hydroxylation is 1. The first-order valence-electron chi connectivity index (χ1n) is 3.31. The van der Waals surface area contributed by atoms with E-state index in [4.69, 9.17) is 5.26 Å². The van der Waals surface area contributed by atoms with Crippen molar-refractivity contribution in [3.63, 3.8) is 0 Å². The summed E-state index contributed by atoms with van der Waals surface area (Å²) in [7, 11) is 0. The first-order valence-corrected chi connectivity index (χ1v) is 4.13. The maximum Gasteiger partial charge on any atom is 0.0695 e. The first kappa shape index (κ1) is 7.30. The van der Waals surface area contributed by atoms with Crippen molar-refractivity contribution < 1.29 is 0 Å². The van der Waals surface area contributed by atoms with Crippen LogP contribution in [0.25, 0.3) is 0 Å². The van der Waals surface area contributed by atoms with Gasteiger partial charge in [-0.05, 0) is 18.6 Å². The summed E-state index contributed by atoms with van der Waals surface area (Å²) in [4.78, 5) is 2.55. The first-order chi connectivity index (χ1) is 4.86. The summed E-state index contributed by atoms with van der Waals surface area (Å²) in [5, 5.41) is 8.36. The zero-order valence-electron chi connectivity index (χ0n) is 5.92. The number of thiophene rings is 1. The predicted octanol–water partition coefficient (Wildman–Crippen LogP) is 2.38. The van der Waals surface area contributed by atoms with Crippen molar-refractivity contribution in [2.45, 2.75) is 19.8 Å². The van der Waals surface area contributed by atoms with Crippen LogP contribution >= 0.6 is 11.3 Å². The van der Waals surface area contributed by atoms with Gasteiger partial charge >= 0.3 is 0 Å². The Bertz CT molecular complexity index is 244. The van der Waals surface area contributed by atoms with Crippen LogP contribution in [0.4, 0.5) is 0 Å². The summed E-state index contributed by atoms with van der Waals surface area (Å²) in [6.45, 7) is 2.13. The molecule has 0 aromatic carbocycles. The van der Waals surface area contributed by atoms with E-state index in [1.54, 1.807) is 11.3 Å². The number of nitrogens with zero attached hydrogens (tertiary/aromatic N) is 1. The van der Waals surface area contributed by atoms with E-state index in [1.807, 2.05) is 6.07 Å². The molecule has 10 heavy (non-hydrogen) atoms. The summed E-state index contributed by atoms with van der Waals surface area (Å²) >= 11 is 1.73. The van der Waals surface area contributed by atoms with E-state index in [9.17, 15) is 0 Å². The number of hydrogen-bond acceptors (Lipinski definition) is 2. The molecule has 52 valence electrons. The molecular weight excluding hydrogens is 142 g/mol. The van der Waals surface area contributed by atoms with E-state index in [-0.39, 0.29) is 0 Å². The molecule has 0 saturated carbocycles. The van der Waals surface area contributed by atoms with Gasteiger partial charge in [-0.1, -0.05) is 6.92 Å². The summed E-state index contributed by atoms with van der Waals surface area (Å²) in [6.07, 6.45) is 1.64. The zero-order valence-corrected chi connectivity index (χ0v) is 6.74. The molecule has 0 aliphatic rings. The Balaban J connectivity index is 2.70. The minimum absolute atomic E-state index is 0.560. The fraction of sp³-hybridized carbons (Fsp3) is 0.375. The zero-order chi connectivity index (χ0) is 7.40. The Morgan fingerprint density at radius 3 is 2.70 bits per heavy atom. The van der Waals surface area contributed by atoms with Crippen molar-refractivity contribution in [2.75, 3.05) is 0 Å². The maximum absolute atomic E-state index is 8.36. The van der Waals surface area contributed by atoms with E-state index < -0.39 is 0 Å². The van der Waals surface area contributed by atoms with Crippen LogP contribution in [0.15, 0.2) is 12.1 Å². The fourth-order valence-corrected chi connectivity index (χ4v) is 1.68. The van der Waals surface area contributed by atoms with E-state index >= 15 is 0 Å². The molecule has 0 radical (unpaired) electrons. The minimum atomic E-state index is 0.560. The van der Waals surface area contributed by atoms with Crippen molar-refractivity contribution in [3.8, 4) is 6.07 Å². The highest BCUT2D eigenvalue weighted by molar-refractivity contribution is 7.12. The quantitative estimate of drug-likeness (QED) is 0.636. The molecule has 0 saturated heterocycles. The highest BCUT2D eigenvalue weighted by Crippen LogP contribution is 2.16. The summed E-state index contributed by atoms with van der Waals surface area (Å²) < 4.78 is 0. The molecule has 0 atom stereocenters. The van der Waals surface area contributed by atoms with Gasteiger partial charge in [0.05, 0.1) is 12.5 Å². The van der Waals surface area contributed by atoms with Crippen LogP contribution in [0.3, 0.4) is 0 Å². The Hall–Kier alpha value is -0.810. The molecule has 0 bridgehead atoms. The van der Waals surface area contributed by atoms with E-state index in [0.29, 0.717) is 6.42 Å². The van der Waals surface area contributed by atoms with Crippen molar-refractivity contribution in [1.29, 1.82) is 5.26 Å². The van der Waals surface area contributed by atoms with Crippen molar-refractivity contribution in [2.24, 2.45) is 0 Å². The van der Waals surface area contributed by atoms with Gasteiger partial charge < -0.3 is 0 Å². The van der Waals surface area contributed by atoms with E-state index in [0.717, 1.165) is 6.42 Å². The lowest BCUT2D eigenvalue weighted by atomic mass is 10.3. The third kappa shape index (κ3) is 1.58. The normalized spacial score (nSPS) is 9.20. The lowest BCUT2D eigenvalue weighted by Crippen LogP contribution is -1.69. The molecule has 0 spiro atoms. The Morgan fingerprint density at radius 2 is 2.20 bits per heavy atom. The van der Waals surface area contributed by atoms with Crippen LogP contribution < -0.4 is 0 Å². The van der Waals surface area contributed by atoms with Gasteiger partial charge in [0.25, 0.3) is 0 Å². The molecule has 1 nitrogen and oxygen atoms in total. The number of hydrogen-bond donors (Lipinski definition) is 0. The highest BCUT2D eigenvalue weighted by Gasteiger charge is 1.95. The summed E-state index contributed by atoms with van der Waals surface area (Å²) in [5.74, 6) is 0. The van der Waals surface area contributed by atoms with Gasteiger partial charge in [-0.3, -0.25) is 0 Å². The Kier molecular flexibility index (Phi) is 2.47. The molecule has 0 aliphatic heterocycles. The molecule has 1 aromatic rings. The largest absolute Gasteiger partial charge is 0.198 e. The fourth-order valence-electron chi connectivity index (χ4n) is 0.785. The molecule has 0 N–H and O–H groups in total. The standard InChI is InChI=1S/C8H9NS/c1-2-7-3-4-8(10-7)5-6-9/h3-4H,2,5H2,1H3. The third-order valence-corrected chi connectivity index (χ3v) is 2.55. The van der Waals surface area contributed by atoms with E-state index in [1.165, 1.54) is 9.75 Å². The van der Waals surface area contributed by atoms with Crippen LogP contribution in [0.5, 0.6) is 0 Å². The number of rotatable bonds is 2. The lowest BCUT2D eigenvalue weighted by Gasteiger charge is -1.83. The van der Waals surface area contributed by atoms with E-state index in [2.05, 4.69) is 19.1 Å². The molecule has 1 aromatic heterocycles. The Morgan fingerprint density at radius 1 is 1.50 bits per heavy atom. The highest BCUT2D eigenvalue weighted by atomic mass is 32.1. The number of nitriles is 1. The molecule has 0 amide bonds. The van der Waals surface area contributed by atoms with Gasteiger partial charge in [-0.25, -0.2) is 0 Å². The van der Waals surface area contributed by atoms with Gasteiger partial charge in [-0.15, -0.1) is 11.3 Å². The van der Waals surface area contributed by atoms with Crippen LogP contribution in [0.2, 0.25) is 0 Å². The second-order valence-corrected chi connectivity index (χ2v) is 3.31. The topological polar surface area (TPSA) is 23.8 Å². The molecular formula is C8H9NS. The minimum Gasteiger partial charge on any atom is -0.198 e. The average Bonchev–Trinajstić information content (AvgIpc) is 2.37. The van der Waals surface area contributed by atoms with Crippen LogP contribution in [-0.2, 0) is 12.8 Å². The van der Waals surface area contributed by atoms with Gasteiger partial charge in [-0.2, -0.15) is 5.26 Å². The van der Waals surface area contributed by atoms with Crippen LogP contribution in [0, 0.1) is 11.3 Å². The molecule has 0 aliphatic carbocycles. The van der Waals surface area contributed by atoms with Crippen molar-refractivity contribution in [1.82, 2.24) is 0 Å².